The standard InChI is InChI=1S/C15H14O4/c1-9-6-7-13(18-9)15-12(5-4-8-16)19-11(3)14(15)10(2)17/h4-8H,1-3H3/b5-4+. The van der Waals surface area contributed by atoms with E-state index in [-0.39, 0.29) is 5.78 Å². The molecular weight excluding hydrogens is 244 g/mol. The third kappa shape index (κ3) is 2.42. The summed E-state index contributed by atoms with van der Waals surface area (Å²) in [5, 5.41) is 0. The summed E-state index contributed by atoms with van der Waals surface area (Å²) in [5.41, 5.74) is 1.08. The smallest absolute Gasteiger partial charge is 0.164 e. The van der Waals surface area contributed by atoms with E-state index in [4.69, 9.17) is 8.83 Å². The highest BCUT2D eigenvalue weighted by Crippen LogP contribution is 2.34. The molecule has 2 aromatic rings. The van der Waals surface area contributed by atoms with Crippen molar-refractivity contribution in [3.05, 3.63) is 41.1 Å². The summed E-state index contributed by atoms with van der Waals surface area (Å²) in [6, 6.07) is 3.60. The van der Waals surface area contributed by atoms with Crippen LogP contribution in [0.25, 0.3) is 17.4 Å². The molecule has 0 fully saturated rings. The quantitative estimate of drug-likeness (QED) is 0.478. The van der Waals surface area contributed by atoms with Gasteiger partial charge in [-0.1, -0.05) is 0 Å². The van der Waals surface area contributed by atoms with Crippen molar-refractivity contribution in [2.24, 2.45) is 0 Å². The Kier molecular flexibility index (Phi) is 3.51. The number of aryl methyl sites for hydroxylation is 2. The van der Waals surface area contributed by atoms with Crippen LogP contribution in [0.5, 0.6) is 0 Å². The van der Waals surface area contributed by atoms with E-state index in [0.717, 1.165) is 5.76 Å². The first-order valence-electron chi connectivity index (χ1n) is 5.87. The SMILES string of the molecule is CC(=O)c1c(C)oc(/C=C/C=O)c1-c1ccc(C)o1. The molecule has 0 saturated carbocycles. The van der Waals surface area contributed by atoms with Crippen molar-refractivity contribution in [2.45, 2.75) is 20.8 Å². The molecule has 0 unspecified atom stereocenters. The molecular formula is C15H14O4. The summed E-state index contributed by atoms with van der Waals surface area (Å²) in [7, 11) is 0. The Labute approximate surface area is 110 Å². The maximum atomic E-state index is 11.8. The van der Waals surface area contributed by atoms with Crippen LogP contribution < -0.4 is 0 Å². The second-order valence-electron chi connectivity index (χ2n) is 4.23. The molecule has 19 heavy (non-hydrogen) atoms. The average molecular weight is 258 g/mol. The topological polar surface area (TPSA) is 60.4 Å². The molecule has 4 heteroatoms. The molecule has 4 nitrogen and oxygen atoms in total. The minimum Gasteiger partial charge on any atom is -0.461 e. The summed E-state index contributed by atoms with van der Waals surface area (Å²) in [5.74, 6) is 2.17. The van der Waals surface area contributed by atoms with E-state index in [1.807, 2.05) is 13.0 Å². The number of Topliss-reactive ketones (excluding diaryl/α,β-unsaturated/α-hetero) is 1. The van der Waals surface area contributed by atoms with Gasteiger partial charge in [0, 0.05) is 0 Å². The lowest BCUT2D eigenvalue weighted by Gasteiger charge is -1.98. The fraction of sp³-hybridized carbons (Fsp3) is 0.200. The molecule has 0 amide bonds. The number of ketones is 1. The molecule has 2 aromatic heterocycles. The fourth-order valence-corrected chi connectivity index (χ4v) is 2.05. The minimum absolute atomic E-state index is 0.101. The summed E-state index contributed by atoms with van der Waals surface area (Å²) in [4.78, 5) is 22.2. The van der Waals surface area contributed by atoms with Gasteiger partial charge >= 0.3 is 0 Å². The van der Waals surface area contributed by atoms with Crippen molar-refractivity contribution in [1.29, 1.82) is 0 Å². The number of rotatable bonds is 4. The molecule has 0 bridgehead atoms. The lowest BCUT2D eigenvalue weighted by atomic mass is 10.0. The number of hydrogen-bond donors (Lipinski definition) is 0. The van der Waals surface area contributed by atoms with E-state index in [0.29, 0.717) is 34.7 Å². The summed E-state index contributed by atoms with van der Waals surface area (Å²) in [6.45, 7) is 5.02. The highest BCUT2D eigenvalue weighted by atomic mass is 16.4. The number of carbonyl (C=O) groups is 2. The van der Waals surface area contributed by atoms with Gasteiger partial charge in [0.25, 0.3) is 0 Å². The normalized spacial score (nSPS) is 11.1. The van der Waals surface area contributed by atoms with Crippen molar-refractivity contribution >= 4 is 18.1 Å². The lowest BCUT2D eigenvalue weighted by Crippen LogP contribution is -1.95. The minimum atomic E-state index is -0.101. The van der Waals surface area contributed by atoms with Gasteiger partial charge in [0.2, 0.25) is 0 Å². The summed E-state index contributed by atoms with van der Waals surface area (Å²) in [6.07, 6.45) is 3.50. The van der Waals surface area contributed by atoms with E-state index < -0.39 is 0 Å². The van der Waals surface area contributed by atoms with Crippen LogP contribution in [0.3, 0.4) is 0 Å². The van der Waals surface area contributed by atoms with Crippen molar-refractivity contribution in [3.8, 4) is 11.3 Å². The molecule has 0 aliphatic carbocycles. The van der Waals surface area contributed by atoms with Crippen LogP contribution in [-0.4, -0.2) is 12.1 Å². The highest BCUT2D eigenvalue weighted by molar-refractivity contribution is 6.03. The molecule has 0 aliphatic heterocycles. The summed E-state index contributed by atoms with van der Waals surface area (Å²) < 4.78 is 11.1. The zero-order valence-corrected chi connectivity index (χ0v) is 11.0. The van der Waals surface area contributed by atoms with Crippen LogP contribution >= 0.6 is 0 Å². The maximum Gasteiger partial charge on any atom is 0.164 e. The molecule has 0 aliphatic rings. The summed E-state index contributed by atoms with van der Waals surface area (Å²) >= 11 is 0. The zero-order chi connectivity index (χ0) is 14.0. The Morgan fingerprint density at radius 2 is 1.95 bits per heavy atom. The Morgan fingerprint density at radius 3 is 2.47 bits per heavy atom. The number of furan rings is 2. The molecule has 0 saturated heterocycles. The van der Waals surface area contributed by atoms with Crippen LogP contribution in [-0.2, 0) is 4.79 Å². The van der Waals surface area contributed by atoms with Crippen molar-refractivity contribution < 1.29 is 18.4 Å². The first-order valence-corrected chi connectivity index (χ1v) is 5.87. The highest BCUT2D eigenvalue weighted by Gasteiger charge is 2.23. The van der Waals surface area contributed by atoms with Crippen molar-refractivity contribution in [3.63, 3.8) is 0 Å². The third-order valence-electron chi connectivity index (χ3n) is 2.78. The van der Waals surface area contributed by atoms with Crippen molar-refractivity contribution in [1.82, 2.24) is 0 Å². The van der Waals surface area contributed by atoms with Gasteiger partial charge in [-0.3, -0.25) is 9.59 Å². The lowest BCUT2D eigenvalue weighted by molar-refractivity contribution is -0.104. The van der Waals surface area contributed by atoms with Gasteiger partial charge in [-0.05, 0) is 45.1 Å². The molecule has 2 heterocycles. The van der Waals surface area contributed by atoms with E-state index in [1.165, 1.54) is 19.1 Å². The van der Waals surface area contributed by atoms with E-state index in [1.54, 1.807) is 13.0 Å². The molecule has 0 aromatic carbocycles. The molecule has 0 N–H and O–H groups in total. The monoisotopic (exact) mass is 258 g/mol. The first-order chi connectivity index (χ1) is 9.04. The molecule has 2 rings (SSSR count). The average Bonchev–Trinajstić information content (AvgIpc) is 2.89. The Hall–Kier alpha value is -2.36. The van der Waals surface area contributed by atoms with E-state index in [9.17, 15) is 9.59 Å². The maximum absolute atomic E-state index is 11.8. The first kappa shape index (κ1) is 13.1. The Morgan fingerprint density at radius 1 is 1.21 bits per heavy atom. The van der Waals surface area contributed by atoms with E-state index in [2.05, 4.69) is 0 Å². The number of allylic oxidation sites excluding steroid dienone is 1. The van der Waals surface area contributed by atoms with Gasteiger partial charge in [-0.25, -0.2) is 0 Å². The molecule has 0 radical (unpaired) electrons. The van der Waals surface area contributed by atoms with Crippen molar-refractivity contribution in [2.75, 3.05) is 0 Å². The van der Waals surface area contributed by atoms with E-state index >= 15 is 0 Å². The van der Waals surface area contributed by atoms with Gasteiger partial charge in [-0.15, -0.1) is 0 Å². The molecule has 0 atom stereocenters. The number of aldehydes is 1. The zero-order valence-electron chi connectivity index (χ0n) is 11.0. The Balaban J connectivity index is 2.69. The second-order valence-corrected chi connectivity index (χ2v) is 4.23. The predicted molar refractivity (Wildman–Crippen MR) is 71.0 cm³/mol. The van der Waals surface area contributed by atoms with Crippen LogP contribution in [0.15, 0.2) is 27.0 Å². The number of carbonyl (C=O) groups excluding carboxylic acids is 2. The largest absolute Gasteiger partial charge is 0.461 e. The molecule has 98 valence electrons. The predicted octanol–water partition coefficient (Wildman–Crippen LogP) is 3.57. The van der Waals surface area contributed by atoms with Crippen LogP contribution in [0.4, 0.5) is 0 Å². The van der Waals surface area contributed by atoms with Crippen LogP contribution in [0.1, 0.15) is 34.6 Å². The van der Waals surface area contributed by atoms with Gasteiger partial charge < -0.3 is 8.83 Å². The van der Waals surface area contributed by atoms with Gasteiger partial charge in [0.1, 0.15) is 29.3 Å². The fourth-order valence-electron chi connectivity index (χ4n) is 2.05. The third-order valence-corrected chi connectivity index (χ3v) is 2.78. The van der Waals surface area contributed by atoms with Crippen LogP contribution in [0.2, 0.25) is 0 Å². The molecule has 0 spiro atoms. The van der Waals surface area contributed by atoms with Gasteiger partial charge in [0.05, 0.1) is 11.1 Å². The van der Waals surface area contributed by atoms with Crippen LogP contribution in [0, 0.1) is 13.8 Å². The Bertz CT molecular complexity index is 656. The van der Waals surface area contributed by atoms with Gasteiger partial charge in [-0.2, -0.15) is 0 Å². The van der Waals surface area contributed by atoms with Gasteiger partial charge in [0.15, 0.2) is 5.78 Å². The second kappa shape index (κ2) is 5.10. The number of hydrogen-bond acceptors (Lipinski definition) is 4.